The molecule has 3 nitrogen and oxygen atoms in total. The maximum Gasteiger partial charge on any atom is 0.332 e. The highest BCUT2D eigenvalue weighted by Gasteiger charge is 2.23. The van der Waals surface area contributed by atoms with Gasteiger partial charge in [-0.05, 0) is 71.6 Å². The third kappa shape index (κ3) is 5.41. The second kappa shape index (κ2) is 9.34. The van der Waals surface area contributed by atoms with E-state index < -0.39 is 11.4 Å². The summed E-state index contributed by atoms with van der Waals surface area (Å²) in [4.78, 5) is 11.7. The van der Waals surface area contributed by atoms with Crippen molar-refractivity contribution in [3.05, 3.63) is 76.4 Å². The van der Waals surface area contributed by atoms with E-state index in [0.29, 0.717) is 5.57 Å². The van der Waals surface area contributed by atoms with Gasteiger partial charge in [-0.15, -0.1) is 0 Å². The molecule has 0 unspecified atom stereocenters. The van der Waals surface area contributed by atoms with Gasteiger partial charge in [0.2, 0.25) is 0 Å². The van der Waals surface area contributed by atoms with Crippen LogP contribution < -0.4 is 0 Å². The number of aliphatic carboxylic acids is 1. The van der Waals surface area contributed by atoms with Crippen molar-refractivity contribution in [1.29, 1.82) is 0 Å². The third-order valence-corrected chi connectivity index (χ3v) is 5.77. The van der Waals surface area contributed by atoms with Crippen molar-refractivity contribution >= 4 is 17.6 Å². The van der Waals surface area contributed by atoms with Crippen LogP contribution in [0.1, 0.15) is 76.0 Å². The number of hydrogen-bond donors (Lipinski definition) is 2. The topological polar surface area (TPSA) is 57.5 Å². The maximum atomic E-state index is 11.7. The van der Waals surface area contributed by atoms with Gasteiger partial charge in [0.25, 0.3) is 0 Å². The van der Waals surface area contributed by atoms with Crippen molar-refractivity contribution in [3.63, 3.8) is 0 Å². The molecule has 0 radical (unpaired) electrons. The number of carboxylic acids is 1. The average Bonchev–Trinajstić information content (AvgIpc) is 2.97. The van der Waals surface area contributed by atoms with Crippen LogP contribution in [-0.4, -0.2) is 16.2 Å². The average molecular weight is 405 g/mol. The zero-order valence-corrected chi connectivity index (χ0v) is 18.2. The molecule has 0 heterocycles. The highest BCUT2D eigenvalue weighted by atomic mass is 16.4. The maximum absolute atomic E-state index is 11.7. The molecule has 158 valence electrons. The summed E-state index contributed by atoms with van der Waals surface area (Å²) in [5, 5.41) is 19.3. The van der Waals surface area contributed by atoms with E-state index in [1.807, 2.05) is 45.0 Å². The molecule has 2 aromatic rings. The zero-order chi connectivity index (χ0) is 21.7. The van der Waals surface area contributed by atoms with Crippen molar-refractivity contribution in [2.45, 2.75) is 59.3 Å². The molecule has 0 atom stereocenters. The second-order valence-electron chi connectivity index (χ2n) is 9.17. The van der Waals surface area contributed by atoms with Gasteiger partial charge >= 0.3 is 5.97 Å². The summed E-state index contributed by atoms with van der Waals surface area (Å²) in [5.74, 6) is -0.607. The quantitative estimate of drug-likeness (QED) is 0.423. The van der Waals surface area contributed by atoms with Gasteiger partial charge in [-0.3, -0.25) is 0 Å². The molecule has 30 heavy (non-hydrogen) atoms. The van der Waals surface area contributed by atoms with E-state index in [0.717, 1.165) is 29.5 Å². The molecule has 1 saturated carbocycles. The van der Waals surface area contributed by atoms with Crippen molar-refractivity contribution < 1.29 is 15.0 Å². The second-order valence-corrected chi connectivity index (χ2v) is 9.17. The fraction of sp³-hybridized carbons (Fsp3) is 0.370. The molecule has 1 fully saturated rings. The van der Waals surface area contributed by atoms with E-state index in [4.69, 9.17) is 0 Å². The van der Waals surface area contributed by atoms with Crippen LogP contribution in [0.4, 0.5) is 0 Å². The molecule has 1 aliphatic rings. The van der Waals surface area contributed by atoms with E-state index in [-0.39, 0.29) is 5.75 Å². The van der Waals surface area contributed by atoms with Crippen LogP contribution in [0.25, 0.3) is 11.6 Å². The standard InChI is InChI=1S/C27H32O3/c1-27(2,3)24(26(29)30)18-19-10-12-21(13-11-19)25(20-8-6-4-5-7-9-20)22-14-16-23(28)17-15-22/h10-18,28H,4-9H2,1-3H3,(H,29,30). The van der Waals surface area contributed by atoms with Gasteiger partial charge < -0.3 is 10.2 Å². The zero-order valence-electron chi connectivity index (χ0n) is 18.2. The summed E-state index contributed by atoms with van der Waals surface area (Å²) in [6.45, 7) is 5.75. The van der Waals surface area contributed by atoms with E-state index in [1.54, 1.807) is 18.2 Å². The first kappa shape index (κ1) is 21.9. The van der Waals surface area contributed by atoms with Crippen molar-refractivity contribution in [1.82, 2.24) is 0 Å². The fourth-order valence-corrected chi connectivity index (χ4v) is 4.12. The first-order valence-electron chi connectivity index (χ1n) is 10.8. The highest BCUT2D eigenvalue weighted by Crippen LogP contribution is 2.35. The van der Waals surface area contributed by atoms with E-state index in [1.165, 1.54) is 36.8 Å². The van der Waals surface area contributed by atoms with Gasteiger partial charge in [0.15, 0.2) is 0 Å². The van der Waals surface area contributed by atoms with Gasteiger partial charge in [0.05, 0.1) is 0 Å². The number of carboxylic acid groups (broad SMARTS) is 1. The number of benzene rings is 2. The minimum Gasteiger partial charge on any atom is -0.508 e. The Morgan fingerprint density at radius 3 is 1.80 bits per heavy atom. The minimum atomic E-state index is -0.878. The molecule has 2 aromatic carbocycles. The molecule has 0 aromatic heterocycles. The van der Waals surface area contributed by atoms with Crippen LogP contribution in [0, 0.1) is 5.41 Å². The lowest BCUT2D eigenvalue weighted by molar-refractivity contribution is -0.133. The largest absolute Gasteiger partial charge is 0.508 e. The van der Waals surface area contributed by atoms with Crippen LogP contribution in [0.3, 0.4) is 0 Å². The molecular formula is C27H32O3. The summed E-state index contributed by atoms with van der Waals surface area (Å²) < 4.78 is 0. The Balaban J connectivity index is 2.04. The lowest BCUT2D eigenvalue weighted by Crippen LogP contribution is -2.17. The summed E-state index contributed by atoms with van der Waals surface area (Å²) in [6.07, 6.45) is 8.96. The number of phenols is 1. The first-order valence-corrected chi connectivity index (χ1v) is 10.8. The minimum absolute atomic E-state index is 0.271. The summed E-state index contributed by atoms with van der Waals surface area (Å²) in [5.41, 5.74) is 5.85. The van der Waals surface area contributed by atoms with Crippen LogP contribution in [0.15, 0.2) is 59.7 Å². The van der Waals surface area contributed by atoms with Gasteiger partial charge in [-0.2, -0.15) is 0 Å². The molecule has 0 saturated heterocycles. The number of allylic oxidation sites excluding steroid dienone is 1. The SMILES string of the molecule is CC(C)(C)C(=Cc1ccc(C(=C2CCCCCC2)c2ccc(O)cc2)cc1)C(=O)O. The van der Waals surface area contributed by atoms with Crippen LogP contribution >= 0.6 is 0 Å². The first-order chi connectivity index (χ1) is 14.3. The Bertz CT molecular complexity index is 929. The van der Waals surface area contributed by atoms with Gasteiger partial charge in [-0.25, -0.2) is 4.79 Å². The molecule has 2 N–H and O–H groups in total. The van der Waals surface area contributed by atoms with E-state index in [9.17, 15) is 15.0 Å². The number of aromatic hydroxyl groups is 1. The van der Waals surface area contributed by atoms with E-state index in [2.05, 4.69) is 12.1 Å². The summed E-state index contributed by atoms with van der Waals surface area (Å²) in [6, 6.07) is 15.6. The van der Waals surface area contributed by atoms with Gasteiger partial charge in [0, 0.05) is 5.57 Å². The van der Waals surface area contributed by atoms with Crippen molar-refractivity contribution in [2.75, 3.05) is 0 Å². The van der Waals surface area contributed by atoms with Gasteiger partial charge in [-0.1, -0.05) is 75.6 Å². The Hall–Kier alpha value is -2.81. The van der Waals surface area contributed by atoms with Crippen molar-refractivity contribution in [3.8, 4) is 5.75 Å². The summed E-state index contributed by atoms with van der Waals surface area (Å²) in [7, 11) is 0. The summed E-state index contributed by atoms with van der Waals surface area (Å²) >= 11 is 0. The molecule has 3 rings (SSSR count). The van der Waals surface area contributed by atoms with Crippen LogP contribution in [0.2, 0.25) is 0 Å². The Labute approximate surface area is 179 Å². The monoisotopic (exact) mass is 404 g/mol. The number of carbonyl (C=O) groups is 1. The molecular weight excluding hydrogens is 372 g/mol. The molecule has 1 aliphatic carbocycles. The van der Waals surface area contributed by atoms with Gasteiger partial charge in [0.1, 0.15) is 5.75 Å². The normalized spacial score (nSPS) is 15.6. The highest BCUT2D eigenvalue weighted by molar-refractivity contribution is 5.93. The Kier molecular flexibility index (Phi) is 6.81. The Morgan fingerprint density at radius 1 is 0.833 bits per heavy atom. The fourth-order valence-electron chi connectivity index (χ4n) is 4.12. The van der Waals surface area contributed by atoms with Crippen LogP contribution in [-0.2, 0) is 4.79 Å². The predicted molar refractivity (Wildman–Crippen MR) is 123 cm³/mol. The van der Waals surface area contributed by atoms with Crippen molar-refractivity contribution in [2.24, 2.45) is 5.41 Å². The number of phenolic OH excluding ortho intramolecular Hbond substituents is 1. The van der Waals surface area contributed by atoms with E-state index >= 15 is 0 Å². The molecule has 0 bridgehead atoms. The lowest BCUT2D eigenvalue weighted by atomic mass is 9.85. The molecule has 0 spiro atoms. The smallest absolute Gasteiger partial charge is 0.332 e. The lowest BCUT2D eigenvalue weighted by Gasteiger charge is -2.19. The number of hydrogen-bond acceptors (Lipinski definition) is 2. The van der Waals surface area contributed by atoms with Crippen LogP contribution in [0.5, 0.6) is 5.75 Å². The predicted octanol–water partition coefficient (Wildman–Crippen LogP) is 7.06. The number of rotatable bonds is 4. The Morgan fingerprint density at radius 2 is 1.33 bits per heavy atom. The third-order valence-electron chi connectivity index (χ3n) is 5.77. The molecule has 0 amide bonds. The molecule has 3 heteroatoms. The molecule has 0 aliphatic heterocycles.